The predicted molar refractivity (Wildman–Crippen MR) is 56.8 cm³/mol. The van der Waals surface area contributed by atoms with Crippen LogP contribution in [0, 0.1) is 29.4 Å². The average Bonchev–Trinajstić information content (AvgIpc) is 2.17. The second-order valence-corrected chi connectivity index (χ2v) is 3.01. The Labute approximate surface area is 88.0 Å². The highest BCUT2D eigenvalue weighted by Crippen LogP contribution is 2.22. The lowest BCUT2D eigenvalue weighted by Gasteiger charge is -2.04. The molecule has 0 aromatic heterocycles. The molecule has 0 heterocycles. The molecule has 0 saturated carbocycles. The molecule has 1 rings (SSSR count). The van der Waals surface area contributed by atoms with Gasteiger partial charge in [-0.1, -0.05) is 0 Å². The molecule has 4 nitrogen and oxygen atoms in total. The van der Waals surface area contributed by atoms with Crippen LogP contribution < -0.4 is 4.74 Å². The lowest BCUT2D eigenvalue weighted by molar-refractivity contribution is -0.385. The van der Waals surface area contributed by atoms with Crippen LogP contribution in [0.5, 0.6) is 5.75 Å². The summed E-state index contributed by atoms with van der Waals surface area (Å²) in [5.41, 5.74) is 0.678. The summed E-state index contributed by atoms with van der Waals surface area (Å²) in [5.74, 6) is 3.05. The molecule has 4 heteroatoms. The molecule has 1 aromatic rings. The maximum absolute atomic E-state index is 10.5. The highest BCUT2D eigenvalue weighted by Gasteiger charge is 2.10. The van der Waals surface area contributed by atoms with Crippen LogP contribution in [-0.2, 0) is 0 Å². The fraction of sp³-hybridized carbons (Fsp3) is 0.273. The van der Waals surface area contributed by atoms with E-state index < -0.39 is 4.92 Å². The van der Waals surface area contributed by atoms with E-state index in [0.29, 0.717) is 24.3 Å². The summed E-state index contributed by atoms with van der Waals surface area (Å²) < 4.78 is 5.30. The number of hydrogen-bond donors (Lipinski definition) is 0. The first kappa shape index (κ1) is 11.1. The number of aryl methyl sites for hydroxylation is 1. The van der Waals surface area contributed by atoms with Crippen molar-refractivity contribution in [3.63, 3.8) is 0 Å². The Kier molecular flexibility index (Phi) is 3.69. The Morgan fingerprint density at radius 1 is 1.60 bits per heavy atom. The maximum Gasteiger partial charge on any atom is 0.272 e. The number of benzene rings is 1. The summed E-state index contributed by atoms with van der Waals surface area (Å²) in [5, 5.41) is 10.5. The van der Waals surface area contributed by atoms with Gasteiger partial charge in [0.05, 0.1) is 11.5 Å². The highest BCUT2D eigenvalue weighted by atomic mass is 16.6. The zero-order valence-corrected chi connectivity index (χ0v) is 8.40. The monoisotopic (exact) mass is 205 g/mol. The minimum Gasteiger partial charge on any atom is -0.493 e. The third-order valence-corrected chi connectivity index (χ3v) is 1.88. The first-order valence-electron chi connectivity index (χ1n) is 4.46. The summed E-state index contributed by atoms with van der Waals surface area (Å²) in [6.45, 7) is 2.10. The minimum atomic E-state index is -0.416. The number of nitro benzene ring substituents is 1. The summed E-state index contributed by atoms with van der Waals surface area (Å²) in [6, 6.07) is 4.64. The van der Waals surface area contributed by atoms with Crippen LogP contribution in [0.3, 0.4) is 0 Å². The molecule has 0 aliphatic carbocycles. The molecule has 0 N–H and O–H groups in total. The zero-order valence-electron chi connectivity index (χ0n) is 8.40. The van der Waals surface area contributed by atoms with Crippen molar-refractivity contribution in [1.82, 2.24) is 0 Å². The van der Waals surface area contributed by atoms with Gasteiger partial charge in [0.2, 0.25) is 0 Å². The Morgan fingerprint density at radius 2 is 2.33 bits per heavy atom. The van der Waals surface area contributed by atoms with Crippen molar-refractivity contribution < 1.29 is 9.66 Å². The fourth-order valence-electron chi connectivity index (χ4n) is 1.15. The lowest BCUT2D eigenvalue weighted by atomic mass is 10.2. The van der Waals surface area contributed by atoms with E-state index in [9.17, 15) is 10.1 Å². The third-order valence-electron chi connectivity index (χ3n) is 1.88. The molecular formula is C11H11NO3. The largest absolute Gasteiger partial charge is 0.493 e. The maximum atomic E-state index is 10.5. The average molecular weight is 205 g/mol. The molecule has 0 aliphatic rings. The topological polar surface area (TPSA) is 52.4 Å². The van der Waals surface area contributed by atoms with E-state index in [4.69, 9.17) is 11.2 Å². The first-order valence-corrected chi connectivity index (χ1v) is 4.46. The minimum absolute atomic E-state index is 0.0966. The Bertz CT molecular complexity index is 407. The molecule has 0 fully saturated rings. The molecule has 0 unspecified atom stereocenters. The van der Waals surface area contributed by atoms with Gasteiger partial charge in [-0.2, -0.15) is 0 Å². The van der Waals surface area contributed by atoms with E-state index >= 15 is 0 Å². The van der Waals surface area contributed by atoms with Gasteiger partial charge in [0, 0.05) is 18.1 Å². The molecule has 0 bridgehead atoms. The number of ether oxygens (including phenoxy) is 1. The smallest absolute Gasteiger partial charge is 0.272 e. The van der Waals surface area contributed by atoms with Crippen LogP contribution in [0.4, 0.5) is 5.69 Å². The Morgan fingerprint density at radius 3 is 2.87 bits per heavy atom. The van der Waals surface area contributed by atoms with Gasteiger partial charge < -0.3 is 4.74 Å². The molecule has 1 aromatic carbocycles. The van der Waals surface area contributed by atoms with E-state index in [1.807, 2.05) is 0 Å². The number of nitrogens with zero attached hydrogens (tertiary/aromatic N) is 1. The summed E-state index contributed by atoms with van der Waals surface area (Å²) in [4.78, 5) is 10.1. The van der Waals surface area contributed by atoms with Gasteiger partial charge in [-0.15, -0.1) is 12.3 Å². The van der Waals surface area contributed by atoms with Crippen molar-refractivity contribution in [1.29, 1.82) is 0 Å². The van der Waals surface area contributed by atoms with Crippen LogP contribution in [0.15, 0.2) is 18.2 Å². The van der Waals surface area contributed by atoms with Crippen LogP contribution >= 0.6 is 0 Å². The summed E-state index contributed by atoms with van der Waals surface area (Å²) in [7, 11) is 0. The first-order chi connectivity index (χ1) is 7.15. The second-order valence-electron chi connectivity index (χ2n) is 3.01. The SMILES string of the molecule is C#CCCOc1ccc([N+](=O)[O-])c(C)c1. The normalized spacial score (nSPS) is 9.33. The molecule has 0 radical (unpaired) electrons. The van der Waals surface area contributed by atoms with E-state index in [1.165, 1.54) is 6.07 Å². The highest BCUT2D eigenvalue weighted by molar-refractivity contribution is 5.44. The van der Waals surface area contributed by atoms with Crippen LogP contribution in [0.25, 0.3) is 0 Å². The zero-order chi connectivity index (χ0) is 11.3. The van der Waals surface area contributed by atoms with Gasteiger partial charge in [-0.3, -0.25) is 10.1 Å². The van der Waals surface area contributed by atoms with Crippen LogP contribution in [0.1, 0.15) is 12.0 Å². The van der Waals surface area contributed by atoms with E-state index in [-0.39, 0.29) is 5.69 Å². The summed E-state index contributed by atoms with van der Waals surface area (Å²) >= 11 is 0. The molecule has 0 spiro atoms. The van der Waals surface area contributed by atoms with Gasteiger partial charge in [-0.05, 0) is 19.1 Å². The van der Waals surface area contributed by atoms with Crippen molar-refractivity contribution in [2.75, 3.05) is 6.61 Å². The van der Waals surface area contributed by atoms with Gasteiger partial charge in [0.25, 0.3) is 5.69 Å². The quantitative estimate of drug-likeness (QED) is 0.328. The molecule has 0 saturated heterocycles. The molecule has 78 valence electrons. The molecular weight excluding hydrogens is 194 g/mol. The van der Waals surface area contributed by atoms with Gasteiger partial charge in [0.1, 0.15) is 5.75 Å². The Balaban J connectivity index is 2.74. The molecule has 15 heavy (non-hydrogen) atoms. The van der Waals surface area contributed by atoms with Crippen molar-refractivity contribution in [3.05, 3.63) is 33.9 Å². The third kappa shape index (κ3) is 2.99. The van der Waals surface area contributed by atoms with Gasteiger partial charge in [0.15, 0.2) is 0 Å². The van der Waals surface area contributed by atoms with Crippen LogP contribution in [-0.4, -0.2) is 11.5 Å². The Hall–Kier alpha value is -2.02. The van der Waals surface area contributed by atoms with Crippen molar-refractivity contribution in [2.45, 2.75) is 13.3 Å². The molecule has 0 atom stereocenters. The van der Waals surface area contributed by atoms with Crippen molar-refractivity contribution in [2.24, 2.45) is 0 Å². The standard InChI is InChI=1S/C11H11NO3/c1-3-4-7-15-10-5-6-11(12(13)14)9(2)8-10/h1,5-6,8H,4,7H2,2H3. The van der Waals surface area contributed by atoms with Gasteiger partial charge >= 0.3 is 0 Å². The number of hydrogen-bond acceptors (Lipinski definition) is 3. The second kappa shape index (κ2) is 5.01. The fourth-order valence-corrected chi connectivity index (χ4v) is 1.15. The van der Waals surface area contributed by atoms with Crippen LogP contribution in [0.2, 0.25) is 0 Å². The van der Waals surface area contributed by atoms with E-state index in [1.54, 1.807) is 19.1 Å². The lowest BCUT2D eigenvalue weighted by Crippen LogP contribution is -1.97. The molecule has 0 amide bonds. The van der Waals surface area contributed by atoms with Crippen molar-refractivity contribution in [3.8, 4) is 18.1 Å². The number of terminal acetylenes is 1. The van der Waals surface area contributed by atoms with E-state index in [2.05, 4.69) is 5.92 Å². The molecule has 0 aliphatic heterocycles. The predicted octanol–water partition coefficient (Wildman–Crippen LogP) is 2.31. The number of nitro groups is 1. The number of rotatable bonds is 4. The van der Waals surface area contributed by atoms with E-state index in [0.717, 1.165) is 0 Å². The summed E-state index contributed by atoms with van der Waals surface area (Å²) in [6.07, 6.45) is 5.59. The van der Waals surface area contributed by atoms with Gasteiger partial charge in [-0.25, -0.2) is 0 Å². The van der Waals surface area contributed by atoms with Crippen molar-refractivity contribution >= 4 is 5.69 Å².